The Kier molecular flexibility index (Phi) is 5.03. The van der Waals surface area contributed by atoms with Crippen molar-refractivity contribution in [3.05, 3.63) is 35.0 Å². The molecule has 0 unspecified atom stereocenters. The molecule has 2 rings (SSSR count). The standard InChI is InChI=1S/C13H15N3O3S/c1-9-8-20-13(15-9)16-12(17)10-3-4-14-11(7-10)19-6-5-18-2/h3-4,7-8H,5-6H2,1-2H3,(H,15,16,17). The highest BCUT2D eigenvalue weighted by Crippen LogP contribution is 2.16. The molecule has 0 aliphatic carbocycles. The predicted molar refractivity (Wildman–Crippen MR) is 76.4 cm³/mol. The van der Waals surface area contributed by atoms with E-state index in [0.29, 0.717) is 29.8 Å². The number of hydrogen-bond acceptors (Lipinski definition) is 6. The van der Waals surface area contributed by atoms with Gasteiger partial charge in [0.1, 0.15) is 6.61 Å². The van der Waals surface area contributed by atoms with Gasteiger partial charge in [-0.25, -0.2) is 9.97 Å². The number of thiazole rings is 1. The molecule has 1 N–H and O–H groups in total. The van der Waals surface area contributed by atoms with Gasteiger partial charge in [0.25, 0.3) is 5.91 Å². The number of nitrogens with zero attached hydrogens (tertiary/aromatic N) is 2. The van der Waals surface area contributed by atoms with E-state index in [1.54, 1.807) is 19.2 Å². The average molecular weight is 293 g/mol. The highest BCUT2D eigenvalue weighted by atomic mass is 32.1. The smallest absolute Gasteiger partial charge is 0.257 e. The molecule has 0 aromatic carbocycles. The van der Waals surface area contributed by atoms with Crippen LogP contribution in [0, 0.1) is 6.92 Å². The lowest BCUT2D eigenvalue weighted by Gasteiger charge is -2.06. The largest absolute Gasteiger partial charge is 0.475 e. The molecule has 0 atom stereocenters. The number of carbonyl (C=O) groups excluding carboxylic acids is 1. The summed E-state index contributed by atoms with van der Waals surface area (Å²) in [6.45, 7) is 2.73. The lowest BCUT2D eigenvalue weighted by Crippen LogP contribution is -2.12. The topological polar surface area (TPSA) is 73.3 Å². The molecule has 0 fully saturated rings. The van der Waals surface area contributed by atoms with Gasteiger partial charge in [0.2, 0.25) is 5.88 Å². The zero-order valence-corrected chi connectivity index (χ0v) is 12.1. The second-order valence-corrected chi connectivity index (χ2v) is 4.83. The first-order valence-electron chi connectivity index (χ1n) is 6.00. The summed E-state index contributed by atoms with van der Waals surface area (Å²) in [7, 11) is 1.59. The zero-order chi connectivity index (χ0) is 14.4. The molecule has 0 spiro atoms. The molecule has 106 valence electrons. The lowest BCUT2D eigenvalue weighted by molar-refractivity contribution is 0.102. The summed E-state index contributed by atoms with van der Waals surface area (Å²) in [5.74, 6) is 0.156. The zero-order valence-electron chi connectivity index (χ0n) is 11.3. The Labute approximate surface area is 120 Å². The molecule has 0 saturated heterocycles. The van der Waals surface area contributed by atoms with E-state index in [9.17, 15) is 4.79 Å². The van der Waals surface area contributed by atoms with Crippen LogP contribution < -0.4 is 10.1 Å². The summed E-state index contributed by atoms with van der Waals surface area (Å²) in [6.07, 6.45) is 1.53. The van der Waals surface area contributed by atoms with E-state index in [1.807, 2.05) is 12.3 Å². The maximum atomic E-state index is 12.1. The van der Waals surface area contributed by atoms with Crippen LogP contribution in [0.5, 0.6) is 5.88 Å². The van der Waals surface area contributed by atoms with Crippen LogP contribution in [0.2, 0.25) is 0 Å². The molecule has 6 nitrogen and oxygen atoms in total. The third-order valence-electron chi connectivity index (χ3n) is 2.37. The minimum atomic E-state index is -0.238. The van der Waals surface area contributed by atoms with E-state index in [2.05, 4.69) is 15.3 Å². The van der Waals surface area contributed by atoms with Gasteiger partial charge < -0.3 is 9.47 Å². The minimum absolute atomic E-state index is 0.238. The van der Waals surface area contributed by atoms with Gasteiger partial charge >= 0.3 is 0 Å². The number of nitrogens with one attached hydrogen (secondary N) is 1. The second kappa shape index (κ2) is 6.97. The van der Waals surface area contributed by atoms with Crippen molar-refractivity contribution in [2.45, 2.75) is 6.92 Å². The van der Waals surface area contributed by atoms with Crippen molar-refractivity contribution in [3.8, 4) is 5.88 Å². The van der Waals surface area contributed by atoms with Gasteiger partial charge in [0.05, 0.1) is 12.3 Å². The van der Waals surface area contributed by atoms with Crippen LogP contribution in [-0.2, 0) is 4.74 Å². The molecule has 1 amide bonds. The molecule has 2 aromatic heterocycles. The van der Waals surface area contributed by atoms with Gasteiger partial charge in [-0.05, 0) is 13.0 Å². The lowest BCUT2D eigenvalue weighted by atomic mass is 10.2. The first-order chi connectivity index (χ1) is 9.69. The molecule has 7 heteroatoms. The number of amides is 1. The Hall–Kier alpha value is -1.99. The summed E-state index contributed by atoms with van der Waals surface area (Å²) in [6, 6.07) is 3.21. The van der Waals surface area contributed by atoms with Crippen molar-refractivity contribution in [3.63, 3.8) is 0 Å². The number of hydrogen-bond donors (Lipinski definition) is 1. The molecular formula is C13H15N3O3S. The van der Waals surface area contributed by atoms with Gasteiger partial charge in [0.15, 0.2) is 5.13 Å². The van der Waals surface area contributed by atoms with Crippen molar-refractivity contribution in [1.29, 1.82) is 0 Å². The van der Waals surface area contributed by atoms with E-state index in [-0.39, 0.29) is 5.91 Å². The Bertz CT molecular complexity index is 586. The summed E-state index contributed by atoms with van der Waals surface area (Å²) in [4.78, 5) is 20.3. The Morgan fingerprint density at radius 1 is 1.45 bits per heavy atom. The predicted octanol–water partition coefficient (Wildman–Crippen LogP) is 2.12. The fraction of sp³-hybridized carbons (Fsp3) is 0.308. The van der Waals surface area contributed by atoms with Crippen LogP contribution in [0.4, 0.5) is 5.13 Å². The molecule has 0 aliphatic rings. The molecule has 2 heterocycles. The Balaban J connectivity index is 2.00. The molecular weight excluding hydrogens is 278 g/mol. The number of rotatable bonds is 6. The highest BCUT2D eigenvalue weighted by Gasteiger charge is 2.09. The summed E-state index contributed by atoms with van der Waals surface area (Å²) in [5.41, 5.74) is 1.35. The average Bonchev–Trinajstić information content (AvgIpc) is 2.85. The molecule has 2 aromatic rings. The third kappa shape index (κ3) is 4.01. The molecule has 20 heavy (non-hydrogen) atoms. The van der Waals surface area contributed by atoms with Crippen LogP contribution in [0.15, 0.2) is 23.7 Å². The first kappa shape index (κ1) is 14.4. The van der Waals surface area contributed by atoms with Crippen LogP contribution in [-0.4, -0.2) is 36.2 Å². The van der Waals surface area contributed by atoms with Crippen molar-refractivity contribution >= 4 is 22.4 Å². The van der Waals surface area contributed by atoms with Gasteiger partial charge in [-0.15, -0.1) is 11.3 Å². The number of carbonyl (C=O) groups is 1. The SMILES string of the molecule is COCCOc1cc(C(=O)Nc2nc(C)cs2)ccn1. The number of ether oxygens (including phenoxy) is 2. The molecule has 0 saturated carbocycles. The Morgan fingerprint density at radius 3 is 3.00 bits per heavy atom. The quantitative estimate of drug-likeness (QED) is 0.826. The normalized spacial score (nSPS) is 10.3. The van der Waals surface area contributed by atoms with E-state index >= 15 is 0 Å². The van der Waals surface area contributed by atoms with Crippen molar-refractivity contribution in [2.75, 3.05) is 25.6 Å². The highest BCUT2D eigenvalue weighted by molar-refractivity contribution is 7.13. The fourth-order valence-corrected chi connectivity index (χ4v) is 2.12. The maximum absolute atomic E-state index is 12.1. The van der Waals surface area contributed by atoms with Crippen LogP contribution in [0.1, 0.15) is 16.1 Å². The summed E-state index contributed by atoms with van der Waals surface area (Å²) >= 11 is 1.39. The minimum Gasteiger partial charge on any atom is -0.475 e. The van der Waals surface area contributed by atoms with Crippen molar-refractivity contribution in [2.24, 2.45) is 0 Å². The molecule has 0 bridgehead atoms. The second-order valence-electron chi connectivity index (χ2n) is 3.97. The fourth-order valence-electron chi connectivity index (χ4n) is 1.44. The van der Waals surface area contributed by atoms with Crippen LogP contribution in [0.3, 0.4) is 0 Å². The van der Waals surface area contributed by atoms with Crippen molar-refractivity contribution < 1.29 is 14.3 Å². The van der Waals surface area contributed by atoms with E-state index in [1.165, 1.54) is 17.5 Å². The van der Waals surface area contributed by atoms with Gasteiger partial charge in [-0.1, -0.05) is 0 Å². The molecule has 0 aliphatic heterocycles. The number of methoxy groups -OCH3 is 1. The Morgan fingerprint density at radius 2 is 2.30 bits per heavy atom. The van der Waals surface area contributed by atoms with E-state index in [0.717, 1.165) is 5.69 Å². The maximum Gasteiger partial charge on any atom is 0.257 e. The van der Waals surface area contributed by atoms with Crippen LogP contribution in [0.25, 0.3) is 0 Å². The van der Waals surface area contributed by atoms with Crippen LogP contribution >= 0.6 is 11.3 Å². The van der Waals surface area contributed by atoms with Crippen molar-refractivity contribution in [1.82, 2.24) is 9.97 Å². The molecule has 0 radical (unpaired) electrons. The third-order valence-corrected chi connectivity index (χ3v) is 3.25. The van der Waals surface area contributed by atoms with Gasteiger partial charge in [-0.2, -0.15) is 0 Å². The van der Waals surface area contributed by atoms with Gasteiger partial charge in [0, 0.05) is 30.3 Å². The monoisotopic (exact) mass is 293 g/mol. The first-order valence-corrected chi connectivity index (χ1v) is 6.88. The number of aryl methyl sites for hydroxylation is 1. The number of pyridine rings is 1. The van der Waals surface area contributed by atoms with Gasteiger partial charge in [-0.3, -0.25) is 10.1 Å². The van der Waals surface area contributed by atoms with E-state index in [4.69, 9.17) is 9.47 Å². The number of anilines is 1. The van der Waals surface area contributed by atoms with E-state index < -0.39 is 0 Å². The number of aromatic nitrogens is 2. The summed E-state index contributed by atoms with van der Waals surface area (Å²) in [5, 5.41) is 5.19. The summed E-state index contributed by atoms with van der Waals surface area (Å²) < 4.78 is 10.2.